The minimum atomic E-state index is -0.164. The van der Waals surface area contributed by atoms with Crippen LogP contribution in [0.3, 0.4) is 0 Å². The Morgan fingerprint density at radius 1 is 1.53 bits per heavy atom. The molecule has 3 N–H and O–H groups in total. The molecule has 0 saturated heterocycles. The van der Waals surface area contributed by atoms with Crippen molar-refractivity contribution in [3.63, 3.8) is 0 Å². The number of pyridine rings is 1. The smallest absolute Gasteiger partial charge is 0.223 e. The fraction of sp³-hybridized carbons (Fsp3) is 0.154. The van der Waals surface area contributed by atoms with Crippen LogP contribution in [0.25, 0.3) is 11.0 Å². The molecule has 0 amide bonds. The predicted octanol–water partition coefficient (Wildman–Crippen LogP) is 2.27. The second kappa shape index (κ2) is 4.56. The molecule has 96 valence electrons. The zero-order valence-corrected chi connectivity index (χ0v) is 11.1. The summed E-state index contributed by atoms with van der Waals surface area (Å²) >= 11 is 1.32. The van der Waals surface area contributed by atoms with Gasteiger partial charge in [-0.3, -0.25) is 4.79 Å². The molecule has 19 heavy (non-hydrogen) atoms. The fourth-order valence-corrected chi connectivity index (χ4v) is 2.73. The van der Waals surface area contributed by atoms with Gasteiger partial charge in [-0.1, -0.05) is 0 Å². The van der Waals surface area contributed by atoms with Crippen LogP contribution in [-0.4, -0.2) is 20.7 Å². The Morgan fingerprint density at radius 3 is 3.11 bits per heavy atom. The Morgan fingerprint density at radius 2 is 2.37 bits per heavy atom. The molecule has 3 aromatic rings. The summed E-state index contributed by atoms with van der Waals surface area (Å²) in [5.74, 6) is -0.101. The Hall–Kier alpha value is -2.05. The molecule has 0 aliphatic carbocycles. The molecule has 0 fully saturated rings. The van der Waals surface area contributed by atoms with Crippen LogP contribution in [0.15, 0.2) is 29.9 Å². The highest BCUT2D eigenvalue weighted by atomic mass is 32.1. The third kappa shape index (κ3) is 2.05. The van der Waals surface area contributed by atoms with E-state index >= 15 is 0 Å². The number of carbonyl (C=O) groups excluding carboxylic acids is 1. The maximum absolute atomic E-state index is 12.4. The average Bonchev–Trinajstić information content (AvgIpc) is 3.05. The van der Waals surface area contributed by atoms with Crippen LogP contribution < -0.4 is 5.73 Å². The van der Waals surface area contributed by atoms with E-state index in [1.54, 1.807) is 12.4 Å². The van der Waals surface area contributed by atoms with Crippen molar-refractivity contribution >= 4 is 28.2 Å². The molecule has 3 heterocycles. The van der Waals surface area contributed by atoms with E-state index in [1.165, 1.54) is 11.3 Å². The lowest BCUT2D eigenvalue weighted by Crippen LogP contribution is -2.06. The Bertz CT molecular complexity index is 744. The van der Waals surface area contributed by atoms with Gasteiger partial charge in [0, 0.05) is 29.2 Å². The molecule has 0 aromatic carbocycles. The Labute approximate surface area is 113 Å². The van der Waals surface area contributed by atoms with Gasteiger partial charge in [-0.2, -0.15) is 0 Å². The molecule has 0 saturated carbocycles. The van der Waals surface area contributed by atoms with E-state index in [0.29, 0.717) is 16.2 Å². The molecule has 0 aliphatic rings. The molecule has 0 spiro atoms. The third-order valence-corrected chi connectivity index (χ3v) is 3.74. The maximum Gasteiger partial charge on any atom is 0.223 e. The topological polar surface area (TPSA) is 84.7 Å². The lowest BCUT2D eigenvalue weighted by atomic mass is 10.1. The molecular formula is C13H12N4OS. The number of aromatic nitrogens is 3. The number of nitrogens with one attached hydrogen (secondary N) is 1. The molecule has 0 aliphatic heterocycles. The van der Waals surface area contributed by atoms with Crippen molar-refractivity contribution in [3.8, 4) is 0 Å². The van der Waals surface area contributed by atoms with E-state index in [9.17, 15) is 4.79 Å². The maximum atomic E-state index is 12.4. The first-order chi connectivity index (χ1) is 9.16. The number of H-pyrrole nitrogens is 1. The van der Waals surface area contributed by atoms with Gasteiger partial charge in [0.2, 0.25) is 5.78 Å². The van der Waals surface area contributed by atoms with Gasteiger partial charge in [0.15, 0.2) is 5.01 Å². The van der Waals surface area contributed by atoms with Gasteiger partial charge in [0.1, 0.15) is 5.65 Å². The number of nitrogens with two attached hydrogens (primary N) is 1. The Kier molecular flexibility index (Phi) is 2.88. The van der Waals surface area contributed by atoms with Crippen LogP contribution in [0, 0.1) is 0 Å². The molecule has 1 atom stereocenters. The van der Waals surface area contributed by atoms with Crippen LogP contribution in [0.2, 0.25) is 0 Å². The third-order valence-electron chi connectivity index (χ3n) is 2.88. The summed E-state index contributed by atoms with van der Waals surface area (Å²) in [6.45, 7) is 1.85. The van der Waals surface area contributed by atoms with Crippen LogP contribution in [0.5, 0.6) is 0 Å². The van der Waals surface area contributed by atoms with Gasteiger partial charge in [-0.05, 0) is 19.1 Å². The van der Waals surface area contributed by atoms with Crippen molar-refractivity contribution in [3.05, 3.63) is 46.2 Å². The van der Waals surface area contributed by atoms with Gasteiger partial charge in [0.05, 0.1) is 11.3 Å². The number of fused-ring (bicyclic) bond motifs is 1. The van der Waals surface area contributed by atoms with E-state index in [1.807, 2.05) is 24.4 Å². The summed E-state index contributed by atoms with van der Waals surface area (Å²) in [4.78, 5) is 23.9. The number of aromatic amines is 1. The highest BCUT2D eigenvalue weighted by molar-refractivity contribution is 7.12. The first-order valence-electron chi connectivity index (χ1n) is 5.84. The monoisotopic (exact) mass is 272 g/mol. The molecule has 1 unspecified atom stereocenters. The second-order valence-corrected chi connectivity index (χ2v) is 5.16. The molecular weight excluding hydrogens is 260 g/mol. The summed E-state index contributed by atoms with van der Waals surface area (Å²) < 4.78 is 0. The normalized spacial score (nSPS) is 12.7. The van der Waals surface area contributed by atoms with Gasteiger partial charge < -0.3 is 10.7 Å². The number of nitrogens with zero attached hydrogens (tertiary/aromatic N) is 2. The predicted molar refractivity (Wildman–Crippen MR) is 74.2 cm³/mol. The van der Waals surface area contributed by atoms with Gasteiger partial charge in [-0.25, -0.2) is 9.97 Å². The van der Waals surface area contributed by atoms with Crippen molar-refractivity contribution < 1.29 is 4.79 Å². The van der Waals surface area contributed by atoms with Gasteiger partial charge in [-0.15, -0.1) is 11.3 Å². The number of hydrogen-bond acceptors (Lipinski definition) is 5. The van der Waals surface area contributed by atoms with Crippen molar-refractivity contribution in [2.24, 2.45) is 5.73 Å². The lowest BCUT2D eigenvalue weighted by Gasteiger charge is -1.97. The van der Waals surface area contributed by atoms with Crippen LogP contribution in [0.1, 0.15) is 34.0 Å². The summed E-state index contributed by atoms with van der Waals surface area (Å²) in [7, 11) is 0. The van der Waals surface area contributed by atoms with Crippen molar-refractivity contribution in [2.75, 3.05) is 0 Å². The highest BCUT2D eigenvalue weighted by Crippen LogP contribution is 2.22. The van der Waals surface area contributed by atoms with Crippen molar-refractivity contribution in [2.45, 2.75) is 13.0 Å². The molecule has 0 bridgehead atoms. The van der Waals surface area contributed by atoms with E-state index in [4.69, 9.17) is 5.73 Å². The molecule has 5 nitrogen and oxygen atoms in total. The fourth-order valence-electron chi connectivity index (χ4n) is 1.86. The standard InChI is InChI=1S/C13H12N4OS/c1-7(14)10-6-19-13(17-10)11(18)9-5-16-12-8(9)3-2-4-15-12/h2-7H,14H2,1H3,(H,15,16). The minimum absolute atomic E-state index is 0.101. The first-order valence-corrected chi connectivity index (χ1v) is 6.72. The first kappa shape index (κ1) is 12.0. The zero-order valence-electron chi connectivity index (χ0n) is 10.3. The summed E-state index contributed by atoms with van der Waals surface area (Å²) in [6.07, 6.45) is 3.36. The van der Waals surface area contributed by atoms with E-state index in [0.717, 1.165) is 11.1 Å². The van der Waals surface area contributed by atoms with Crippen LogP contribution in [0.4, 0.5) is 0 Å². The number of hydrogen-bond donors (Lipinski definition) is 2. The highest BCUT2D eigenvalue weighted by Gasteiger charge is 2.18. The molecule has 0 radical (unpaired) electrons. The van der Waals surface area contributed by atoms with Crippen molar-refractivity contribution in [1.29, 1.82) is 0 Å². The summed E-state index contributed by atoms with van der Waals surface area (Å²) in [6, 6.07) is 3.51. The lowest BCUT2D eigenvalue weighted by molar-refractivity contribution is 0.104. The summed E-state index contributed by atoms with van der Waals surface area (Å²) in [5, 5.41) is 3.09. The Balaban J connectivity index is 2.03. The van der Waals surface area contributed by atoms with Gasteiger partial charge >= 0.3 is 0 Å². The van der Waals surface area contributed by atoms with E-state index in [2.05, 4.69) is 15.0 Å². The molecule has 3 aromatic heterocycles. The largest absolute Gasteiger partial charge is 0.345 e. The number of thiazole rings is 1. The molecule has 3 rings (SSSR count). The average molecular weight is 272 g/mol. The van der Waals surface area contributed by atoms with E-state index in [-0.39, 0.29) is 11.8 Å². The van der Waals surface area contributed by atoms with Gasteiger partial charge in [0.25, 0.3) is 0 Å². The number of rotatable bonds is 3. The SMILES string of the molecule is CC(N)c1csc(C(=O)c2c[nH]c3ncccc23)n1. The quantitative estimate of drug-likeness (QED) is 0.716. The van der Waals surface area contributed by atoms with E-state index < -0.39 is 0 Å². The number of ketones is 1. The summed E-state index contributed by atoms with van der Waals surface area (Å²) in [5.41, 5.74) is 7.79. The zero-order chi connectivity index (χ0) is 13.4. The second-order valence-electron chi connectivity index (χ2n) is 4.30. The van der Waals surface area contributed by atoms with Crippen LogP contribution >= 0.6 is 11.3 Å². The minimum Gasteiger partial charge on any atom is -0.345 e. The van der Waals surface area contributed by atoms with Crippen molar-refractivity contribution in [1.82, 2.24) is 15.0 Å². The van der Waals surface area contributed by atoms with Crippen LogP contribution in [-0.2, 0) is 0 Å². The number of carbonyl (C=O) groups is 1. The molecule has 6 heteroatoms.